The molecule has 6 nitrogen and oxygen atoms in total. The minimum absolute atomic E-state index is 0.0341. The van der Waals surface area contributed by atoms with E-state index in [2.05, 4.69) is 15.5 Å². The van der Waals surface area contributed by atoms with Gasteiger partial charge in [-0.2, -0.15) is 0 Å². The van der Waals surface area contributed by atoms with Crippen LogP contribution in [0.4, 0.5) is 0 Å². The highest BCUT2D eigenvalue weighted by atomic mass is 16.5. The van der Waals surface area contributed by atoms with E-state index in [1.54, 1.807) is 13.3 Å². The summed E-state index contributed by atoms with van der Waals surface area (Å²) in [6.45, 7) is 2.32. The quantitative estimate of drug-likeness (QED) is 0.208. The van der Waals surface area contributed by atoms with E-state index in [1.165, 1.54) is 0 Å². The van der Waals surface area contributed by atoms with E-state index in [4.69, 9.17) is 15.7 Å². The highest BCUT2D eigenvalue weighted by molar-refractivity contribution is 5.96. The van der Waals surface area contributed by atoms with Crippen molar-refractivity contribution in [2.75, 3.05) is 20.3 Å². The first kappa shape index (κ1) is 14.4. The molecule has 0 saturated heterocycles. The van der Waals surface area contributed by atoms with E-state index in [1.807, 2.05) is 12.1 Å². The van der Waals surface area contributed by atoms with Gasteiger partial charge in [-0.3, -0.25) is 4.98 Å². The average molecular weight is 252 g/mol. The van der Waals surface area contributed by atoms with Crippen LogP contribution in [0, 0.1) is 0 Å². The lowest BCUT2D eigenvalue weighted by Gasteiger charge is -2.08. The molecule has 0 aliphatic carbocycles. The maximum atomic E-state index is 8.67. The lowest BCUT2D eigenvalue weighted by molar-refractivity contribution is 0.192. The minimum atomic E-state index is 0.0341. The van der Waals surface area contributed by atoms with Crippen LogP contribution in [0.3, 0.4) is 0 Å². The average Bonchev–Trinajstić information content (AvgIpc) is 2.42. The molecule has 0 atom stereocenters. The van der Waals surface area contributed by atoms with Crippen molar-refractivity contribution in [2.24, 2.45) is 10.9 Å². The molecular weight excluding hydrogens is 232 g/mol. The number of ether oxygens (including phenoxy) is 1. The van der Waals surface area contributed by atoms with Crippen molar-refractivity contribution >= 4 is 5.84 Å². The summed E-state index contributed by atoms with van der Waals surface area (Å²) in [7, 11) is 1.70. The lowest BCUT2D eigenvalue weighted by Crippen LogP contribution is -2.22. The van der Waals surface area contributed by atoms with E-state index in [-0.39, 0.29) is 5.84 Å². The molecule has 0 bridgehead atoms. The smallest absolute Gasteiger partial charge is 0.189 e. The van der Waals surface area contributed by atoms with Gasteiger partial charge in [0.1, 0.15) is 5.69 Å². The third-order valence-corrected chi connectivity index (χ3v) is 2.51. The second kappa shape index (κ2) is 8.43. The van der Waals surface area contributed by atoms with Crippen LogP contribution < -0.4 is 11.1 Å². The summed E-state index contributed by atoms with van der Waals surface area (Å²) in [5.41, 5.74) is 6.99. The van der Waals surface area contributed by atoms with Crippen LogP contribution >= 0.6 is 0 Å². The first-order valence-corrected chi connectivity index (χ1v) is 5.91. The van der Waals surface area contributed by atoms with Gasteiger partial charge in [0.25, 0.3) is 0 Å². The van der Waals surface area contributed by atoms with Crippen molar-refractivity contribution in [1.29, 1.82) is 0 Å². The van der Waals surface area contributed by atoms with Gasteiger partial charge < -0.3 is 21.0 Å². The summed E-state index contributed by atoms with van der Waals surface area (Å²) in [5.74, 6) is 0.0341. The number of nitrogens with zero attached hydrogens (tertiary/aromatic N) is 2. The molecule has 0 aromatic carbocycles. The largest absolute Gasteiger partial charge is 0.409 e. The fourth-order valence-electron chi connectivity index (χ4n) is 1.58. The fraction of sp³-hybridized carbons (Fsp3) is 0.500. The molecule has 0 aliphatic heterocycles. The van der Waals surface area contributed by atoms with Crippen LogP contribution in [-0.4, -0.2) is 36.3 Å². The van der Waals surface area contributed by atoms with Gasteiger partial charge in [0.05, 0.1) is 0 Å². The lowest BCUT2D eigenvalue weighted by atomic mass is 10.2. The normalized spacial score (nSPS) is 11.7. The third kappa shape index (κ3) is 4.68. The monoisotopic (exact) mass is 252 g/mol. The molecule has 1 rings (SSSR count). The molecule has 0 spiro atoms. The van der Waals surface area contributed by atoms with Crippen molar-refractivity contribution in [3.8, 4) is 0 Å². The van der Waals surface area contributed by atoms with Crippen molar-refractivity contribution < 1.29 is 9.94 Å². The zero-order valence-corrected chi connectivity index (χ0v) is 10.6. The van der Waals surface area contributed by atoms with E-state index in [0.717, 1.165) is 31.6 Å². The summed E-state index contributed by atoms with van der Waals surface area (Å²) in [6.07, 6.45) is 3.70. The second-order valence-electron chi connectivity index (χ2n) is 3.87. The summed E-state index contributed by atoms with van der Waals surface area (Å²) in [5, 5.41) is 14.9. The third-order valence-electron chi connectivity index (χ3n) is 2.51. The van der Waals surface area contributed by atoms with Crippen LogP contribution in [0.5, 0.6) is 0 Å². The van der Waals surface area contributed by atoms with Gasteiger partial charge in [-0.1, -0.05) is 11.2 Å². The number of amidine groups is 1. The summed E-state index contributed by atoms with van der Waals surface area (Å²) in [4.78, 5) is 4.10. The molecule has 0 amide bonds. The molecule has 4 N–H and O–H groups in total. The van der Waals surface area contributed by atoms with Gasteiger partial charge in [-0.25, -0.2) is 0 Å². The number of aromatic nitrogens is 1. The Morgan fingerprint density at radius 2 is 2.39 bits per heavy atom. The first-order chi connectivity index (χ1) is 8.79. The number of rotatable bonds is 8. The number of oxime groups is 1. The second-order valence-corrected chi connectivity index (χ2v) is 3.87. The van der Waals surface area contributed by atoms with Crippen molar-refractivity contribution in [3.05, 3.63) is 29.6 Å². The van der Waals surface area contributed by atoms with Crippen molar-refractivity contribution in [2.45, 2.75) is 19.4 Å². The number of pyridine rings is 1. The van der Waals surface area contributed by atoms with Gasteiger partial charge in [0, 0.05) is 26.5 Å². The van der Waals surface area contributed by atoms with Gasteiger partial charge >= 0.3 is 0 Å². The van der Waals surface area contributed by atoms with Crippen LogP contribution in [0.15, 0.2) is 23.5 Å². The number of unbranched alkanes of at least 4 members (excludes halogenated alkanes) is 1. The number of hydrogen-bond acceptors (Lipinski definition) is 5. The fourth-order valence-corrected chi connectivity index (χ4v) is 1.58. The van der Waals surface area contributed by atoms with E-state index >= 15 is 0 Å². The van der Waals surface area contributed by atoms with E-state index in [9.17, 15) is 0 Å². The topological polar surface area (TPSA) is 92.8 Å². The van der Waals surface area contributed by atoms with Crippen LogP contribution in [0.25, 0.3) is 0 Å². The molecule has 1 aromatic heterocycles. The number of methoxy groups -OCH3 is 1. The summed E-state index contributed by atoms with van der Waals surface area (Å²) < 4.78 is 4.97. The zero-order chi connectivity index (χ0) is 13.2. The van der Waals surface area contributed by atoms with Crippen LogP contribution in [-0.2, 0) is 11.3 Å². The van der Waals surface area contributed by atoms with Crippen molar-refractivity contribution in [1.82, 2.24) is 10.3 Å². The standard InChI is InChI=1S/C12H20N4O2/c1-18-8-3-2-6-14-9-10-5-4-7-15-11(10)12(13)16-17/h4-5,7,14,17H,2-3,6,8-9H2,1H3,(H2,13,16). The van der Waals surface area contributed by atoms with Gasteiger partial charge in [-0.15, -0.1) is 0 Å². The molecule has 0 fully saturated rings. The Morgan fingerprint density at radius 3 is 3.11 bits per heavy atom. The molecule has 0 radical (unpaired) electrons. The Kier molecular flexibility index (Phi) is 6.75. The van der Waals surface area contributed by atoms with Crippen LogP contribution in [0.1, 0.15) is 24.1 Å². The van der Waals surface area contributed by atoms with Gasteiger partial charge in [0.2, 0.25) is 0 Å². The molecule has 0 aliphatic rings. The van der Waals surface area contributed by atoms with Gasteiger partial charge in [-0.05, 0) is 31.0 Å². The highest BCUT2D eigenvalue weighted by Gasteiger charge is 2.07. The van der Waals surface area contributed by atoms with Crippen LogP contribution in [0.2, 0.25) is 0 Å². The molecule has 1 heterocycles. The number of nitrogens with one attached hydrogen (secondary N) is 1. The van der Waals surface area contributed by atoms with E-state index < -0.39 is 0 Å². The SMILES string of the molecule is COCCCCNCc1cccnc1C(N)=NO. The zero-order valence-electron chi connectivity index (χ0n) is 10.6. The molecule has 0 unspecified atom stereocenters. The van der Waals surface area contributed by atoms with Gasteiger partial charge in [0.15, 0.2) is 5.84 Å². The Hall–Kier alpha value is -1.66. The molecular formula is C12H20N4O2. The Bertz CT molecular complexity index is 382. The molecule has 0 saturated carbocycles. The summed E-state index contributed by atoms with van der Waals surface area (Å²) in [6, 6.07) is 3.73. The Labute approximate surface area is 107 Å². The van der Waals surface area contributed by atoms with Crippen molar-refractivity contribution in [3.63, 3.8) is 0 Å². The van der Waals surface area contributed by atoms with E-state index in [0.29, 0.717) is 12.2 Å². The molecule has 100 valence electrons. The minimum Gasteiger partial charge on any atom is -0.409 e. The Balaban J connectivity index is 2.42. The Morgan fingerprint density at radius 1 is 1.56 bits per heavy atom. The molecule has 6 heteroatoms. The highest BCUT2D eigenvalue weighted by Crippen LogP contribution is 2.04. The number of nitrogens with two attached hydrogens (primary N) is 1. The molecule has 18 heavy (non-hydrogen) atoms. The molecule has 1 aromatic rings. The maximum absolute atomic E-state index is 8.67. The predicted molar refractivity (Wildman–Crippen MR) is 69.6 cm³/mol. The predicted octanol–water partition coefficient (Wildman–Crippen LogP) is 0.692. The first-order valence-electron chi connectivity index (χ1n) is 5.91. The maximum Gasteiger partial charge on any atom is 0.189 e. The summed E-state index contributed by atoms with van der Waals surface area (Å²) >= 11 is 0. The number of hydrogen-bond donors (Lipinski definition) is 3.